The monoisotopic (exact) mass is 234 g/mol. The van der Waals surface area contributed by atoms with Crippen LogP contribution < -0.4 is 10.6 Å². The Morgan fingerprint density at radius 2 is 2.06 bits per heavy atom. The number of nitrogens with one attached hydrogen (secondary N) is 2. The van der Waals surface area contributed by atoms with Gasteiger partial charge in [0, 0.05) is 12.2 Å². The average Bonchev–Trinajstić information content (AvgIpc) is 2.29. The molecule has 0 saturated carbocycles. The minimum Gasteiger partial charge on any atom is -0.338 e. The molecule has 0 fully saturated rings. The van der Waals surface area contributed by atoms with Crippen LogP contribution in [-0.4, -0.2) is 12.6 Å². The van der Waals surface area contributed by atoms with Crippen LogP contribution in [0, 0.1) is 12.8 Å². The van der Waals surface area contributed by atoms with Crippen molar-refractivity contribution >= 4 is 11.7 Å². The van der Waals surface area contributed by atoms with Crippen molar-refractivity contribution in [3.63, 3.8) is 0 Å². The fraction of sp³-hybridized carbons (Fsp3) is 0.500. The summed E-state index contributed by atoms with van der Waals surface area (Å²) in [7, 11) is 0. The molecule has 0 spiro atoms. The van der Waals surface area contributed by atoms with Crippen molar-refractivity contribution in [2.45, 2.75) is 34.1 Å². The molecule has 0 bridgehead atoms. The van der Waals surface area contributed by atoms with Crippen LogP contribution in [0.3, 0.4) is 0 Å². The zero-order valence-electron chi connectivity index (χ0n) is 11.1. The van der Waals surface area contributed by atoms with Gasteiger partial charge in [0.05, 0.1) is 0 Å². The highest BCUT2D eigenvalue weighted by Gasteiger charge is 2.05. The summed E-state index contributed by atoms with van der Waals surface area (Å²) in [5, 5.41) is 5.74. The van der Waals surface area contributed by atoms with Crippen LogP contribution in [0.5, 0.6) is 0 Å². The molecule has 0 atom stereocenters. The Hall–Kier alpha value is -1.51. The van der Waals surface area contributed by atoms with Crippen molar-refractivity contribution in [2.24, 2.45) is 5.92 Å². The zero-order valence-corrected chi connectivity index (χ0v) is 11.1. The van der Waals surface area contributed by atoms with Gasteiger partial charge in [-0.1, -0.05) is 32.9 Å². The third-order valence-electron chi connectivity index (χ3n) is 2.63. The van der Waals surface area contributed by atoms with Gasteiger partial charge in [0.1, 0.15) is 0 Å². The quantitative estimate of drug-likeness (QED) is 0.824. The second-order valence-electron chi connectivity index (χ2n) is 4.73. The number of hydrogen-bond donors (Lipinski definition) is 2. The molecule has 2 amide bonds. The molecule has 94 valence electrons. The van der Waals surface area contributed by atoms with Gasteiger partial charge in [-0.05, 0) is 36.5 Å². The Kier molecular flexibility index (Phi) is 5.01. The molecule has 0 saturated heterocycles. The van der Waals surface area contributed by atoms with Crippen LogP contribution in [0.25, 0.3) is 0 Å². The second kappa shape index (κ2) is 6.28. The number of hydrogen-bond acceptors (Lipinski definition) is 1. The van der Waals surface area contributed by atoms with Gasteiger partial charge in [-0.2, -0.15) is 0 Å². The summed E-state index contributed by atoms with van der Waals surface area (Å²) >= 11 is 0. The van der Waals surface area contributed by atoms with Crippen molar-refractivity contribution in [2.75, 3.05) is 11.9 Å². The van der Waals surface area contributed by atoms with Gasteiger partial charge in [-0.3, -0.25) is 0 Å². The van der Waals surface area contributed by atoms with E-state index in [1.807, 2.05) is 19.1 Å². The molecule has 2 N–H and O–H groups in total. The minimum absolute atomic E-state index is 0.130. The standard InChI is InChI=1S/C14H22N2O/c1-5-12-7-6-11(4)13(8-12)16-14(17)15-9-10(2)3/h6-8,10H,5,9H2,1-4H3,(H2,15,16,17). The highest BCUT2D eigenvalue weighted by molar-refractivity contribution is 5.90. The topological polar surface area (TPSA) is 41.1 Å². The number of rotatable bonds is 4. The molecule has 0 aromatic heterocycles. The Morgan fingerprint density at radius 3 is 2.65 bits per heavy atom. The predicted molar refractivity (Wildman–Crippen MR) is 72.4 cm³/mol. The van der Waals surface area contributed by atoms with E-state index in [1.54, 1.807) is 0 Å². The van der Waals surface area contributed by atoms with Gasteiger partial charge in [0.2, 0.25) is 0 Å². The number of urea groups is 1. The summed E-state index contributed by atoms with van der Waals surface area (Å²) in [5.74, 6) is 0.462. The highest BCUT2D eigenvalue weighted by atomic mass is 16.2. The van der Waals surface area contributed by atoms with Crippen LogP contribution in [-0.2, 0) is 6.42 Å². The first kappa shape index (κ1) is 13.6. The van der Waals surface area contributed by atoms with Crippen LogP contribution in [0.15, 0.2) is 18.2 Å². The van der Waals surface area contributed by atoms with E-state index >= 15 is 0 Å². The SMILES string of the molecule is CCc1ccc(C)c(NC(=O)NCC(C)C)c1. The maximum atomic E-state index is 11.6. The molecular weight excluding hydrogens is 212 g/mol. The lowest BCUT2D eigenvalue weighted by atomic mass is 10.1. The minimum atomic E-state index is -0.130. The molecule has 0 aliphatic heterocycles. The Balaban J connectivity index is 2.64. The molecular formula is C14H22N2O. The summed E-state index contributed by atoms with van der Waals surface area (Å²) in [6.07, 6.45) is 0.975. The molecule has 1 rings (SSSR count). The molecule has 3 heteroatoms. The lowest BCUT2D eigenvalue weighted by Gasteiger charge is -2.12. The third kappa shape index (κ3) is 4.47. The van der Waals surface area contributed by atoms with Gasteiger partial charge < -0.3 is 10.6 Å². The number of carbonyl (C=O) groups is 1. The lowest BCUT2D eigenvalue weighted by Crippen LogP contribution is -2.31. The Labute approximate surface area is 104 Å². The normalized spacial score (nSPS) is 10.4. The van der Waals surface area contributed by atoms with Gasteiger partial charge in [0.15, 0.2) is 0 Å². The summed E-state index contributed by atoms with van der Waals surface area (Å²) in [4.78, 5) is 11.6. The number of aryl methyl sites for hydroxylation is 2. The molecule has 3 nitrogen and oxygen atoms in total. The molecule has 1 aromatic carbocycles. The third-order valence-corrected chi connectivity index (χ3v) is 2.63. The molecule has 1 aromatic rings. The number of amides is 2. The van der Waals surface area contributed by atoms with Gasteiger partial charge >= 0.3 is 6.03 Å². The van der Waals surface area contributed by atoms with Crippen molar-refractivity contribution in [3.05, 3.63) is 29.3 Å². The van der Waals surface area contributed by atoms with E-state index in [0.717, 1.165) is 17.7 Å². The zero-order chi connectivity index (χ0) is 12.8. The Morgan fingerprint density at radius 1 is 1.35 bits per heavy atom. The molecule has 0 aliphatic rings. The van der Waals surface area contributed by atoms with Gasteiger partial charge in [-0.15, -0.1) is 0 Å². The first-order chi connectivity index (χ1) is 8.02. The van der Waals surface area contributed by atoms with Crippen molar-refractivity contribution in [1.29, 1.82) is 0 Å². The van der Waals surface area contributed by atoms with Crippen molar-refractivity contribution in [3.8, 4) is 0 Å². The summed E-state index contributed by atoms with van der Waals surface area (Å²) in [6, 6.07) is 6.03. The fourth-order valence-electron chi connectivity index (χ4n) is 1.49. The molecule has 0 unspecified atom stereocenters. The maximum absolute atomic E-state index is 11.6. The van der Waals surface area contributed by atoms with E-state index < -0.39 is 0 Å². The highest BCUT2D eigenvalue weighted by Crippen LogP contribution is 2.17. The second-order valence-corrected chi connectivity index (χ2v) is 4.73. The first-order valence-electron chi connectivity index (χ1n) is 6.17. The lowest BCUT2D eigenvalue weighted by molar-refractivity contribution is 0.251. The fourth-order valence-corrected chi connectivity index (χ4v) is 1.49. The van der Waals surface area contributed by atoms with E-state index in [9.17, 15) is 4.79 Å². The van der Waals surface area contributed by atoms with Gasteiger partial charge in [-0.25, -0.2) is 4.79 Å². The van der Waals surface area contributed by atoms with Crippen molar-refractivity contribution < 1.29 is 4.79 Å². The first-order valence-corrected chi connectivity index (χ1v) is 6.17. The maximum Gasteiger partial charge on any atom is 0.319 e. The smallest absolute Gasteiger partial charge is 0.319 e. The molecule has 17 heavy (non-hydrogen) atoms. The van der Waals surface area contributed by atoms with Crippen LogP contribution in [0.4, 0.5) is 10.5 Å². The van der Waals surface area contributed by atoms with E-state index in [4.69, 9.17) is 0 Å². The van der Waals surface area contributed by atoms with E-state index in [0.29, 0.717) is 12.5 Å². The predicted octanol–water partition coefficient (Wildman–Crippen LogP) is 3.33. The van der Waals surface area contributed by atoms with Gasteiger partial charge in [0.25, 0.3) is 0 Å². The molecule has 0 radical (unpaired) electrons. The molecule has 0 aliphatic carbocycles. The van der Waals surface area contributed by atoms with Crippen molar-refractivity contribution in [1.82, 2.24) is 5.32 Å². The van der Waals surface area contributed by atoms with Crippen LogP contribution in [0.1, 0.15) is 31.9 Å². The number of carbonyl (C=O) groups excluding carboxylic acids is 1. The largest absolute Gasteiger partial charge is 0.338 e. The average molecular weight is 234 g/mol. The number of anilines is 1. The van der Waals surface area contributed by atoms with E-state index in [2.05, 4.69) is 37.5 Å². The van der Waals surface area contributed by atoms with Crippen LogP contribution in [0.2, 0.25) is 0 Å². The summed E-state index contributed by atoms with van der Waals surface area (Å²) < 4.78 is 0. The summed E-state index contributed by atoms with van der Waals surface area (Å²) in [6.45, 7) is 8.94. The van der Waals surface area contributed by atoms with E-state index in [1.165, 1.54) is 5.56 Å². The molecule has 0 heterocycles. The number of benzene rings is 1. The van der Waals surface area contributed by atoms with Crippen LogP contribution >= 0.6 is 0 Å². The summed E-state index contributed by atoms with van der Waals surface area (Å²) in [5.41, 5.74) is 3.21. The van der Waals surface area contributed by atoms with E-state index in [-0.39, 0.29) is 6.03 Å². The Bertz CT molecular complexity index is 386.